The van der Waals surface area contributed by atoms with Gasteiger partial charge in [0.2, 0.25) is 0 Å². The van der Waals surface area contributed by atoms with Crippen LogP contribution in [0.4, 0.5) is 0 Å². The quantitative estimate of drug-likeness (QED) is 0.203. The predicted molar refractivity (Wildman–Crippen MR) is 81.0 cm³/mol. The molecule has 6 nitrogen and oxygen atoms in total. The predicted octanol–water partition coefficient (Wildman–Crippen LogP) is 2.55. The van der Waals surface area contributed by atoms with Crippen LogP contribution in [0, 0.1) is 0 Å². The van der Waals surface area contributed by atoms with Gasteiger partial charge in [0.15, 0.2) is 0 Å². The maximum Gasteiger partial charge on any atom is 0.317 e. The monoisotopic (exact) mass is 314 g/mol. The molecule has 0 aromatic carbocycles. The zero-order valence-corrected chi connectivity index (χ0v) is 13.8. The highest BCUT2D eigenvalue weighted by atomic mass is 16.5. The van der Waals surface area contributed by atoms with Crippen molar-refractivity contribution in [3.05, 3.63) is 11.6 Å². The largest absolute Gasteiger partial charge is 0.469 e. The Morgan fingerprint density at radius 2 is 1.82 bits per heavy atom. The summed E-state index contributed by atoms with van der Waals surface area (Å²) < 4.78 is 14.6. The second kappa shape index (κ2) is 11.8. The number of methoxy groups -OCH3 is 1. The molecule has 0 radical (unpaired) electrons. The normalized spacial score (nSPS) is 12.5. The van der Waals surface area contributed by atoms with Crippen LogP contribution in [-0.2, 0) is 28.6 Å². The Bertz CT molecular complexity index is 399. The number of rotatable bonds is 10. The van der Waals surface area contributed by atoms with Gasteiger partial charge in [-0.2, -0.15) is 0 Å². The van der Waals surface area contributed by atoms with Gasteiger partial charge >= 0.3 is 17.9 Å². The van der Waals surface area contributed by atoms with Gasteiger partial charge in [-0.1, -0.05) is 19.4 Å². The second-order valence-electron chi connectivity index (χ2n) is 4.95. The smallest absolute Gasteiger partial charge is 0.317 e. The Balaban J connectivity index is 4.23. The topological polar surface area (TPSA) is 78.9 Å². The summed E-state index contributed by atoms with van der Waals surface area (Å²) in [6, 6.07) is 0. The summed E-state index contributed by atoms with van der Waals surface area (Å²) in [5.41, 5.74) is 0.938. The van der Waals surface area contributed by atoms with Crippen LogP contribution in [-0.4, -0.2) is 37.7 Å². The third-order valence-electron chi connectivity index (χ3n) is 3.00. The van der Waals surface area contributed by atoms with E-state index in [0.717, 1.165) is 24.8 Å². The molecule has 0 saturated carbocycles. The maximum absolute atomic E-state index is 11.3. The number of carbonyl (C=O) groups excluding carboxylic acids is 3. The first-order valence-corrected chi connectivity index (χ1v) is 7.47. The van der Waals surface area contributed by atoms with E-state index >= 15 is 0 Å². The lowest BCUT2D eigenvalue weighted by molar-refractivity contribution is -0.153. The molecule has 126 valence electrons. The molecule has 0 bridgehead atoms. The van der Waals surface area contributed by atoms with E-state index in [2.05, 4.69) is 11.7 Å². The van der Waals surface area contributed by atoms with Gasteiger partial charge < -0.3 is 14.2 Å². The molecule has 0 aliphatic heterocycles. The maximum atomic E-state index is 11.3. The summed E-state index contributed by atoms with van der Waals surface area (Å²) in [5, 5.41) is 0. The standard InChI is InChI=1S/C16H26O6/c1-5-6-9-14(22-13(3)17)12(2)8-7-10-21-16(19)11-15(18)20-4/h8,14H,5-7,9-11H2,1-4H3/b12-8+. The average Bonchev–Trinajstić information content (AvgIpc) is 2.47. The Morgan fingerprint density at radius 3 is 2.36 bits per heavy atom. The number of hydrogen-bond donors (Lipinski definition) is 0. The fourth-order valence-corrected chi connectivity index (χ4v) is 1.80. The Labute approximate surface area is 131 Å². The van der Waals surface area contributed by atoms with Crippen LogP contribution in [0.5, 0.6) is 0 Å². The zero-order chi connectivity index (χ0) is 17.0. The molecule has 0 aromatic heterocycles. The number of carbonyl (C=O) groups is 3. The van der Waals surface area contributed by atoms with Crippen LogP contribution in [0.3, 0.4) is 0 Å². The van der Waals surface area contributed by atoms with Crippen LogP contribution in [0.15, 0.2) is 11.6 Å². The van der Waals surface area contributed by atoms with Gasteiger partial charge in [-0.25, -0.2) is 0 Å². The second-order valence-corrected chi connectivity index (χ2v) is 4.95. The van der Waals surface area contributed by atoms with Crippen molar-refractivity contribution in [2.45, 2.75) is 59.0 Å². The van der Waals surface area contributed by atoms with Crippen LogP contribution >= 0.6 is 0 Å². The summed E-state index contributed by atoms with van der Waals surface area (Å²) in [7, 11) is 1.22. The van der Waals surface area contributed by atoms with E-state index in [4.69, 9.17) is 9.47 Å². The molecule has 0 aromatic rings. The van der Waals surface area contributed by atoms with Gasteiger partial charge in [0.05, 0.1) is 13.7 Å². The lowest BCUT2D eigenvalue weighted by Crippen LogP contribution is -2.18. The molecule has 0 N–H and O–H groups in total. The van der Waals surface area contributed by atoms with E-state index in [1.807, 2.05) is 13.0 Å². The fraction of sp³-hybridized carbons (Fsp3) is 0.688. The molecule has 0 amide bonds. The first-order chi connectivity index (χ1) is 10.4. The molecule has 0 fully saturated rings. The van der Waals surface area contributed by atoms with Crippen molar-refractivity contribution in [3.63, 3.8) is 0 Å². The van der Waals surface area contributed by atoms with Crippen LogP contribution in [0.2, 0.25) is 0 Å². The lowest BCUT2D eigenvalue weighted by Gasteiger charge is -2.17. The van der Waals surface area contributed by atoms with Crippen molar-refractivity contribution < 1.29 is 28.6 Å². The highest BCUT2D eigenvalue weighted by Crippen LogP contribution is 2.15. The molecular weight excluding hydrogens is 288 g/mol. The van der Waals surface area contributed by atoms with E-state index in [0.29, 0.717) is 6.42 Å². The molecule has 1 unspecified atom stereocenters. The summed E-state index contributed by atoms with van der Waals surface area (Å²) in [6.45, 7) is 5.53. The minimum absolute atomic E-state index is 0.174. The van der Waals surface area contributed by atoms with Gasteiger partial charge in [-0.15, -0.1) is 0 Å². The Hall–Kier alpha value is -1.85. The first kappa shape index (κ1) is 20.1. The minimum atomic E-state index is -0.619. The highest BCUT2D eigenvalue weighted by molar-refractivity contribution is 5.91. The Kier molecular flexibility index (Phi) is 10.8. The van der Waals surface area contributed by atoms with Gasteiger partial charge in [0, 0.05) is 6.92 Å². The first-order valence-electron chi connectivity index (χ1n) is 7.47. The van der Waals surface area contributed by atoms with Crippen LogP contribution in [0.25, 0.3) is 0 Å². The SMILES string of the molecule is CCCCC(OC(C)=O)/C(C)=C/CCOC(=O)CC(=O)OC. The fourth-order valence-electron chi connectivity index (χ4n) is 1.80. The van der Waals surface area contributed by atoms with Crippen molar-refractivity contribution >= 4 is 17.9 Å². The molecule has 0 spiro atoms. The van der Waals surface area contributed by atoms with Crippen LogP contribution < -0.4 is 0 Å². The summed E-state index contributed by atoms with van der Waals surface area (Å²) >= 11 is 0. The average molecular weight is 314 g/mol. The van der Waals surface area contributed by atoms with E-state index < -0.39 is 11.9 Å². The van der Waals surface area contributed by atoms with E-state index in [-0.39, 0.29) is 25.1 Å². The number of hydrogen-bond acceptors (Lipinski definition) is 6. The van der Waals surface area contributed by atoms with Crippen LogP contribution in [0.1, 0.15) is 52.9 Å². The van der Waals surface area contributed by atoms with E-state index in [9.17, 15) is 14.4 Å². The lowest BCUT2D eigenvalue weighted by atomic mass is 10.0. The summed E-state index contributed by atoms with van der Waals surface area (Å²) in [6.07, 6.45) is 4.54. The zero-order valence-electron chi connectivity index (χ0n) is 13.8. The van der Waals surface area contributed by atoms with Crippen molar-refractivity contribution in [2.75, 3.05) is 13.7 Å². The number of esters is 3. The van der Waals surface area contributed by atoms with Crippen molar-refractivity contribution in [3.8, 4) is 0 Å². The van der Waals surface area contributed by atoms with Crippen molar-refractivity contribution in [1.82, 2.24) is 0 Å². The van der Waals surface area contributed by atoms with Gasteiger partial charge in [0.1, 0.15) is 12.5 Å². The molecule has 0 saturated heterocycles. The number of unbranched alkanes of at least 4 members (excludes halogenated alkanes) is 1. The van der Waals surface area contributed by atoms with Crippen molar-refractivity contribution in [1.29, 1.82) is 0 Å². The molecule has 0 rings (SSSR count). The Morgan fingerprint density at radius 1 is 1.14 bits per heavy atom. The highest BCUT2D eigenvalue weighted by Gasteiger charge is 2.14. The number of ether oxygens (including phenoxy) is 3. The molecule has 22 heavy (non-hydrogen) atoms. The van der Waals surface area contributed by atoms with Gasteiger partial charge in [0.25, 0.3) is 0 Å². The van der Waals surface area contributed by atoms with E-state index in [1.165, 1.54) is 14.0 Å². The van der Waals surface area contributed by atoms with Gasteiger partial charge in [-0.3, -0.25) is 14.4 Å². The molecule has 1 atom stereocenters. The molecular formula is C16H26O6. The molecule has 6 heteroatoms. The van der Waals surface area contributed by atoms with Crippen molar-refractivity contribution in [2.24, 2.45) is 0 Å². The molecule has 0 aliphatic carbocycles. The van der Waals surface area contributed by atoms with Gasteiger partial charge in [-0.05, 0) is 31.8 Å². The molecule has 0 aliphatic rings. The van der Waals surface area contributed by atoms with E-state index in [1.54, 1.807) is 0 Å². The minimum Gasteiger partial charge on any atom is -0.469 e. The summed E-state index contributed by atoms with van der Waals surface area (Å²) in [5.74, 6) is -1.54. The third kappa shape index (κ3) is 9.96. The molecule has 0 heterocycles. The summed E-state index contributed by atoms with van der Waals surface area (Å²) in [4.78, 5) is 33.2. The third-order valence-corrected chi connectivity index (χ3v) is 3.00.